The number of carbonyl (C=O) groups excluding carboxylic acids is 2. The van der Waals surface area contributed by atoms with E-state index in [1.165, 1.54) is 11.8 Å². The van der Waals surface area contributed by atoms with Crippen LogP contribution in [0.5, 0.6) is 0 Å². The number of amides is 2. The van der Waals surface area contributed by atoms with E-state index in [1.807, 2.05) is 26.8 Å². The summed E-state index contributed by atoms with van der Waals surface area (Å²) in [5.74, 6) is 0.896. The van der Waals surface area contributed by atoms with Crippen molar-refractivity contribution < 1.29 is 14.0 Å². The highest BCUT2D eigenvalue weighted by Crippen LogP contribution is 2.31. The number of thioether (sulfide) groups is 1. The van der Waals surface area contributed by atoms with Crippen LogP contribution < -0.4 is 10.6 Å². The Morgan fingerprint density at radius 3 is 2.59 bits per heavy atom. The maximum atomic E-state index is 12.6. The molecule has 2 aromatic heterocycles. The molecular formula is C19H20N4O3S. The fraction of sp³-hybridized carbons (Fsp3) is 0.263. The van der Waals surface area contributed by atoms with Crippen LogP contribution >= 0.6 is 11.8 Å². The van der Waals surface area contributed by atoms with Crippen molar-refractivity contribution in [2.45, 2.75) is 25.9 Å². The normalized spacial score (nSPS) is 10.8. The van der Waals surface area contributed by atoms with E-state index < -0.39 is 0 Å². The number of nitrogens with zero attached hydrogens (tertiary/aromatic N) is 2. The van der Waals surface area contributed by atoms with Gasteiger partial charge < -0.3 is 15.1 Å². The Kier molecular flexibility index (Phi) is 5.75. The van der Waals surface area contributed by atoms with E-state index in [0.29, 0.717) is 39.9 Å². The lowest BCUT2D eigenvalue weighted by molar-refractivity contribution is -0.118. The summed E-state index contributed by atoms with van der Waals surface area (Å²) in [6.07, 6.45) is 0. The van der Waals surface area contributed by atoms with Crippen molar-refractivity contribution >= 4 is 40.5 Å². The summed E-state index contributed by atoms with van der Waals surface area (Å²) in [5.41, 5.74) is 1.79. The summed E-state index contributed by atoms with van der Waals surface area (Å²) in [5, 5.41) is 6.60. The van der Waals surface area contributed by atoms with Crippen LogP contribution in [0.3, 0.4) is 0 Å². The third-order valence-electron chi connectivity index (χ3n) is 3.98. The van der Waals surface area contributed by atoms with E-state index in [-0.39, 0.29) is 17.6 Å². The summed E-state index contributed by atoms with van der Waals surface area (Å²) in [6, 6.07) is 8.90. The molecule has 2 N–H and O–H groups in total. The topological polar surface area (TPSA) is 97.1 Å². The second kappa shape index (κ2) is 8.22. The molecule has 8 heteroatoms. The van der Waals surface area contributed by atoms with Crippen LogP contribution in [0.2, 0.25) is 0 Å². The minimum absolute atomic E-state index is 0.104. The van der Waals surface area contributed by atoms with Gasteiger partial charge in [0.25, 0.3) is 5.91 Å². The molecule has 3 aromatic rings. The monoisotopic (exact) mass is 384 g/mol. The Balaban J connectivity index is 1.93. The van der Waals surface area contributed by atoms with Gasteiger partial charge in [-0.1, -0.05) is 30.0 Å². The standard InChI is InChI=1S/C19H20N4O3S/c1-4-20-14(24)10-27-19-22-16(15-11(2)12(3)26-18(15)23-19)21-17(25)13-8-6-5-7-9-13/h5-9H,4,10H2,1-3H3,(H,20,24)(H,21,22,23,25). The summed E-state index contributed by atoms with van der Waals surface area (Å²) >= 11 is 1.19. The number of aromatic nitrogens is 2. The zero-order valence-electron chi connectivity index (χ0n) is 15.3. The van der Waals surface area contributed by atoms with Crippen LogP contribution in [-0.4, -0.2) is 34.1 Å². The van der Waals surface area contributed by atoms with E-state index in [1.54, 1.807) is 24.3 Å². The molecule has 1 aromatic carbocycles. The van der Waals surface area contributed by atoms with Gasteiger partial charge in [0.05, 0.1) is 11.1 Å². The molecule has 0 atom stereocenters. The SMILES string of the molecule is CCNC(=O)CSc1nc(NC(=O)c2ccccc2)c2c(C)c(C)oc2n1. The van der Waals surface area contributed by atoms with Crippen molar-refractivity contribution in [3.05, 3.63) is 47.2 Å². The van der Waals surface area contributed by atoms with Crippen molar-refractivity contribution in [2.24, 2.45) is 0 Å². The predicted octanol–water partition coefficient (Wildman–Crippen LogP) is 3.32. The highest BCUT2D eigenvalue weighted by atomic mass is 32.2. The molecule has 27 heavy (non-hydrogen) atoms. The average Bonchev–Trinajstić information content (AvgIpc) is 2.95. The minimum Gasteiger partial charge on any atom is -0.443 e. The Morgan fingerprint density at radius 1 is 1.15 bits per heavy atom. The average molecular weight is 384 g/mol. The number of aryl methyl sites for hydroxylation is 2. The third-order valence-corrected chi connectivity index (χ3v) is 4.83. The van der Waals surface area contributed by atoms with Crippen LogP contribution in [0.4, 0.5) is 5.82 Å². The molecule has 0 radical (unpaired) electrons. The number of nitrogens with one attached hydrogen (secondary N) is 2. The second-order valence-corrected chi connectivity index (χ2v) is 6.82. The first-order chi connectivity index (χ1) is 13.0. The van der Waals surface area contributed by atoms with Crippen LogP contribution in [0.15, 0.2) is 39.9 Å². The van der Waals surface area contributed by atoms with Gasteiger partial charge in [-0.25, -0.2) is 4.98 Å². The van der Waals surface area contributed by atoms with Gasteiger partial charge in [0.15, 0.2) is 5.16 Å². The predicted molar refractivity (Wildman–Crippen MR) is 105 cm³/mol. The van der Waals surface area contributed by atoms with E-state index in [0.717, 1.165) is 5.56 Å². The Bertz CT molecular complexity index is 986. The molecule has 0 bridgehead atoms. The number of hydrogen-bond acceptors (Lipinski definition) is 6. The maximum absolute atomic E-state index is 12.6. The van der Waals surface area contributed by atoms with Gasteiger partial charge >= 0.3 is 0 Å². The Labute approximate surface area is 161 Å². The van der Waals surface area contributed by atoms with Gasteiger partial charge in [-0.3, -0.25) is 9.59 Å². The zero-order chi connectivity index (χ0) is 19.4. The summed E-state index contributed by atoms with van der Waals surface area (Å²) < 4.78 is 5.71. The van der Waals surface area contributed by atoms with Crippen molar-refractivity contribution in [2.75, 3.05) is 17.6 Å². The summed E-state index contributed by atoms with van der Waals surface area (Å²) in [4.78, 5) is 33.1. The largest absolute Gasteiger partial charge is 0.443 e. The maximum Gasteiger partial charge on any atom is 0.256 e. The number of anilines is 1. The number of carbonyl (C=O) groups is 2. The molecule has 140 valence electrons. The molecule has 0 unspecified atom stereocenters. The van der Waals surface area contributed by atoms with Crippen LogP contribution in [-0.2, 0) is 4.79 Å². The van der Waals surface area contributed by atoms with Gasteiger partial charge in [-0.15, -0.1) is 0 Å². The first kappa shape index (κ1) is 18.9. The van der Waals surface area contributed by atoms with Crippen LogP contribution in [0.1, 0.15) is 28.6 Å². The van der Waals surface area contributed by atoms with E-state index in [4.69, 9.17) is 4.42 Å². The number of benzene rings is 1. The molecule has 2 heterocycles. The number of rotatable bonds is 6. The first-order valence-corrected chi connectivity index (χ1v) is 9.51. The summed E-state index contributed by atoms with van der Waals surface area (Å²) in [6.45, 7) is 6.15. The molecule has 0 fully saturated rings. The van der Waals surface area contributed by atoms with Gasteiger partial charge in [0.1, 0.15) is 11.6 Å². The van der Waals surface area contributed by atoms with Crippen LogP contribution in [0.25, 0.3) is 11.1 Å². The summed E-state index contributed by atoms with van der Waals surface area (Å²) in [7, 11) is 0. The highest BCUT2D eigenvalue weighted by molar-refractivity contribution is 7.99. The third kappa shape index (κ3) is 4.28. The number of furan rings is 1. The van der Waals surface area contributed by atoms with Gasteiger partial charge in [-0.05, 0) is 32.9 Å². The molecule has 0 aliphatic rings. The van der Waals surface area contributed by atoms with E-state index in [2.05, 4.69) is 20.6 Å². The fourth-order valence-electron chi connectivity index (χ4n) is 2.53. The van der Waals surface area contributed by atoms with Crippen molar-refractivity contribution in [1.82, 2.24) is 15.3 Å². The molecule has 7 nitrogen and oxygen atoms in total. The zero-order valence-corrected chi connectivity index (χ0v) is 16.1. The van der Waals surface area contributed by atoms with Crippen LogP contribution in [0, 0.1) is 13.8 Å². The Morgan fingerprint density at radius 2 is 1.89 bits per heavy atom. The lowest BCUT2D eigenvalue weighted by Gasteiger charge is -2.08. The van der Waals surface area contributed by atoms with Gasteiger partial charge in [0, 0.05) is 17.7 Å². The second-order valence-electron chi connectivity index (χ2n) is 5.88. The highest BCUT2D eigenvalue weighted by Gasteiger charge is 2.19. The lowest BCUT2D eigenvalue weighted by atomic mass is 10.2. The van der Waals surface area contributed by atoms with Crippen molar-refractivity contribution in [1.29, 1.82) is 0 Å². The van der Waals surface area contributed by atoms with Gasteiger partial charge in [0.2, 0.25) is 11.6 Å². The van der Waals surface area contributed by atoms with E-state index >= 15 is 0 Å². The van der Waals surface area contributed by atoms with Crippen molar-refractivity contribution in [3.8, 4) is 0 Å². The molecule has 0 saturated heterocycles. The Hall–Kier alpha value is -2.87. The van der Waals surface area contributed by atoms with Crippen molar-refractivity contribution in [3.63, 3.8) is 0 Å². The molecule has 2 amide bonds. The molecule has 0 spiro atoms. The quantitative estimate of drug-likeness (QED) is 0.500. The first-order valence-electron chi connectivity index (χ1n) is 8.53. The fourth-order valence-corrected chi connectivity index (χ4v) is 3.20. The van der Waals surface area contributed by atoms with E-state index in [9.17, 15) is 9.59 Å². The van der Waals surface area contributed by atoms with Gasteiger partial charge in [-0.2, -0.15) is 4.98 Å². The molecular weight excluding hydrogens is 364 g/mol. The lowest BCUT2D eigenvalue weighted by Crippen LogP contribution is -2.24. The molecule has 0 aliphatic carbocycles. The molecule has 3 rings (SSSR count). The molecule has 0 saturated carbocycles. The number of hydrogen-bond donors (Lipinski definition) is 2. The smallest absolute Gasteiger partial charge is 0.256 e. The minimum atomic E-state index is -0.270. The molecule has 0 aliphatic heterocycles. The number of fused-ring (bicyclic) bond motifs is 1.